The summed E-state index contributed by atoms with van der Waals surface area (Å²) < 4.78 is 42.8. The number of hydrogen-bond donors (Lipinski definition) is 2. The third kappa shape index (κ3) is 4.56. The van der Waals surface area contributed by atoms with Gasteiger partial charge in [0, 0.05) is 23.4 Å². The number of nitrogens with one attached hydrogen (secondary N) is 2. The molecule has 1 aromatic carbocycles. The first kappa shape index (κ1) is 20.8. The normalized spacial score (nSPS) is 12.9. The molecule has 29 heavy (non-hydrogen) atoms. The molecular formula is C20H22FN3O4S. The number of pyridine rings is 1. The number of hydrogen-bond acceptors (Lipinski definition) is 5. The zero-order valence-electron chi connectivity index (χ0n) is 16.5. The van der Waals surface area contributed by atoms with Crippen LogP contribution in [-0.4, -0.2) is 25.7 Å². The van der Waals surface area contributed by atoms with Crippen LogP contribution in [0.15, 0.2) is 46.0 Å². The molecule has 7 nitrogen and oxygen atoms in total. The fourth-order valence-electron chi connectivity index (χ4n) is 3.04. The fourth-order valence-corrected chi connectivity index (χ4v) is 3.64. The van der Waals surface area contributed by atoms with Crippen LogP contribution in [0, 0.1) is 18.7 Å². The van der Waals surface area contributed by atoms with Gasteiger partial charge in [-0.05, 0) is 37.1 Å². The van der Waals surface area contributed by atoms with Gasteiger partial charge in [-0.25, -0.2) is 17.6 Å². The smallest absolute Gasteiger partial charge is 0.319 e. The van der Waals surface area contributed by atoms with Crippen LogP contribution >= 0.6 is 0 Å². The Hall–Kier alpha value is -2.94. The zero-order chi connectivity index (χ0) is 21.3. The van der Waals surface area contributed by atoms with E-state index in [-0.39, 0.29) is 22.3 Å². The summed E-state index contributed by atoms with van der Waals surface area (Å²) in [6.45, 7) is 5.66. The number of aromatic nitrogens is 1. The minimum Gasteiger partial charge on any atom is -0.459 e. The molecule has 0 unspecified atom stereocenters. The van der Waals surface area contributed by atoms with Gasteiger partial charge in [-0.3, -0.25) is 4.98 Å². The summed E-state index contributed by atoms with van der Waals surface area (Å²) in [5.74, 6) is 0.155. The summed E-state index contributed by atoms with van der Waals surface area (Å²) in [5, 5.41) is 6.09. The quantitative estimate of drug-likeness (QED) is 0.645. The fraction of sp³-hybridized carbons (Fsp3) is 0.300. The van der Waals surface area contributed by atoms with Crippen LogP contribution in [0.2, 0.25) is 0 Å². The lowest BCUT2D eigenvalue weighted by Crippen LogP contribution is -2.35. The van der Waals surface area contributed by atoms with Crippen molar-refractivity contribution >= 4 is 32.5 Å². The molecule has 2 amide bonds. The number of furan rings is 1. The molecule has 0 radical (unpaired) electrons. The minimum atomic E-state index is -3.44. The van der Waals surface area contributed by atoms with E-state index in [1.807, 2.05) is 20.8 Å². The van der Waals surface area contributed by atoms with E-state index in [0.717, 1.165) is 11.8 Å². The maximum absolute atomic E-state index is 13.6. The number of urea groups is 1. The van der Waals surface area contributed by atoms with Crippen LogP contribution in [-0.2, 0) is 9.84 Å². The summed E-state index contributed by atoms with van der Waals surface area (Å²) in [6, 6.07) is 4.60. The number of benzene rings is 1. The molecule has 0 aliphatic carbocycles. The van der Waals surface area contributed by atoms with Crippen molar-refractivity contribution in [2.24, 2.45) is 5.92 Å². The summed E-state index contributed by atoms with van der Waals surface area (Å²) in [4.78, 5) is 16.4. The molecule has 0 saturated carbocycles. The molecule has 3 aromatic rings. The Morgan fingerprint density at radius 3 is 2.59 bits per heavy atom. The summed E-state index contributed by atoms with van der Waals surface area (Å²) in [5.41, 5.74) is 1.53. The molecule has 2 aromatic heterocycles. The zero-order valence-corrected chi connectivity index (χ0v) is 17.3. The second-order valence-corrected chi connectivity index (χ2v) is 9.25. The number of nitrogens with zero attached hydrogens (tertiary/aromatic N) is 1. The third-order valence-corrected chi connectivity index (χ3v) is 5.65. The lowest BCUT2D eigenvalue weighted by molar-refractivity contribution is 0.241. The average Bonchev–Trinajstić information content (AvgIpc) is 2.95. The Kier molecular flexibility index (Phi) is 5.61. The average molecular weight is 419 g/mol. The number of fused-ring (bicyclic) bond motifs is 1. The Labute approximate surface area is 168 Å². The summed E-state index contributed by atoms with van der Waals surface area (Å²) in [7, 11) is -3.44. The van der Waals surface area contributed by atoms with Gasteiger partial charge in [0.1, 0.15) is 17.2 Å². The molecule has 0 aliphatic rings. The van der Waals surface area contributed by atoms with Crippen molar-refractivity contribution in [1.82, 2.24) is 10.3 Å². The molecule has 2 N–H and O–H groups in total. The van der Waals surface area contributed by atoms with E-state index < -0.39 is 21.9 Å². The third-order valence-electron chi connectivity index (χ3n) is 4.57. The molecule has 9 heteroatoms. The lowest BCUT2D eigenvalue weighted by atomic mass is 9.98. The predicted molar refractivity (Wildman–Crippen MR) is 108 cm³/mol. The van der Waals surface area contributed by atoms with E-state index in [9.17, 15) is 17.6 Å². The van der Waals surface area contributed by atoms with Crippen LogP contribution in [0.25, 0.3) is 11.0 Å². The topological polar surface area (TPSA) is 101 Å². The van der Waals surface area contributed by atoms with Gasteiger partial charge < -0.3 is 15.1 Å². The van der Waals surface area contributed by atoms with Crippen molar-refractivity contribution < 1.29 is 22.0 Å². The second kappa shape index (κ2) is 7.82. The Bertz CT molecular complexity index is 1170. The molecule has 0 spiro atoms. The van der Waals surface area contributed by atoms with Crippen molar-refractivity contribution in [3.05, 3.63) is 53.8 Å². The molecule has 0 fully saturated rings. The van der Waals surface area contributed by atoms with Gasteiger partial charge in [-0.15, -0.1) is 0 Å². The van der Waals surface area contributed by atoms with Crippen LogP contribution in [0.1, 0.15) is 31.2 Å². The van der Waals surface area contributed by atoms with Gasteiger partial charge in [0.05, 0.1) is 22.8 Å². The van der Waals surface area contributed by atoms with E-state index >= 15 is 0 Å². The number of sulfone groups is 1. The first-order valence-corrected chi connectivity index (χ1v) is 10.9. The molecule has 2 heterocycles. The Morgan fingerprint density at radius 2 is 1.93 bits per heavy atom. The monoisotopic (exact) mass is 419 g/mol. The number of rotatable bonds is 5. The summed E-state index contributed by atoms with van der Waals surface area (Å²) >= 11 is 0. The molecule has 0 bridgehead atoms. The van der Waals surface area contributed by atoms with Gasteiger partial charge in [0.15, 0.2) is 9.84 Å². The molecule has 0 saturated heterocycles. The molecule has 154 valence electrons. The highest BCUT2D eigenvalue weighted by atomic mass is 32.2. The second-order valence-electron chi connectivity index (χ2n) is 7.23. The van der Waals surface area contributed by atoms with Gasteiger partial charge in [0.25, 0.3) is 0 Å². The lowest BCUT2D eigenvalue weighted by Gasteiger charge is -2.21. The van der Waals surface area contributed by atoms with Gasteiger partial charge in [0.2, 0.25) is 0 Å². The van der Waals surface area contributed by atoms with Gasteiger partial charge in [-0.1, -0.05) is 13.8 Å². The number of aryl methyl sites for hydroxylation is 1. The van der Waals surface area contributed by atoms with Crippen molar-refractivity contribution in [2.75, 3.05) is 11.6 Å². The molecule has 3 rings (SSSR count). The maximum atomic E-state index is 13.6. The highest BCUT2D eigenvalue weighted by molar-refractivity contribution is 7.90. The number of carbonyl (C=O) groups excluding carboxylic acids is 1. The predicted octanol–water partition coefficient (Wildman–Crippen LogP) is 4.20. The maximum Gasteiger partial charge on any atom is 0.319 e. The number of amides is 2. The Morgan fingerprint density at radius 1 is 1.21 bits per heavy atom. The van der Waals surface area contributed by atoms with E-state index in [2.05, 4.69) is 15.6 Å². The molecule has 0 aliphatic heterocycles. The first-order valence-electron chi connectivity index (χ1n) is 8.97. The van der Waals surface area contributed by atoms with E-state index in [1.165, 1.54) is 30.6 Å². The van der Waals surface area contributed by atoms with Crippen LogP contribution < -0.4 is 10.6 Å². The highest BCUT2D eigenvalue weighted by Gasteiger charge is 2.25. The number of anilines is 1. The van der Waals surface area contributed by atoms with E-state index in [4.69, 9.17) is 4.42 Å². The van der Waals surface area contributed by atoms with E-state index in [1.54, 1.807) is 6.07 Å². The Balaban J connectivity index is 1.85. The summed E-state index contributed by atoms with van der Waals surface area (Å²) in [6.07, 6.45) is 3.63. The molecular weight excluding hydrogens is 397 g/mol. The number of halogens is 1. The largest absolute Gasteiger partial charge is 0.459 e. The molecule has 1 atom stereocenters. The van der Waals surface area contributed by atoms with Crippen LogP contribution in [0.5, 0.6) is 0 Å². The minimum absolute atomic E-state index is 0.00543. The number of carbonyl (C=O) groups is 1. The van der Waals surface area contributed by atoms with E-state index in [0.29, 0.717) is 16.7 Å². The van der Waals surface area contributed by atoms with Crippen molar-refractivity contribution in [3.8, 4) is 0 Å². The SMILES string of the molecule is Cc1c([C@@H](NC(=O)Nc2cncc(S(C)(=O)=O)c2)C(C)C)oc2ccc(F)cc12. The van der Waals surface area contributed by atoms with Gasteiger partial charge in [-0.2, -0.15) is 0 Å². The standard InChI is InChI=1S/C20H22FN3O4S/c1-11(2)18(19-12(3)16-7-13(21)5-6-17(16)28-19)24-20(25)23-14-8-15(10-22-9-14)29(4,26)27/h5-11,18H,1-4H3,(H2,23,24,25)/t18-/m0/s1. The van der Waals surface area contributed by atoms with Crippen molar-refractivity contribution in [2.45, 2.75) is 31.7 Å². The van der Waals surface area contributed by atoms with Gasteiger partial charge >= 0.3 is 6.03 Å². The highest BCUT2D eigenvalue weighted by Crippen LogP contribution is 2.33. The van der Waals surface area contributed by atoms with Crippen molar-refractivity contribution in [3.63, 3.8) is 0 Å². The van der Waals surface area contributed by atoms with Crippen LogP contribution in [0.3, 0.4) is 0 Å². The van der Waals surface area contributed by atoms with Crippen LogP contribution in [0.4, 0.5) is 14.9 Å². The first-order chi connectivity index (χ1) is 13.6. The van der Waals surface area contributed by atoms with Crippen molar-refractivity contribution in [1.29, 1.82) is 0 Å².